The van der Waals surface area contributed by atoms with Crippen molar-refractivity contribution in [2.24, 2.45) is 0 Å². The highest BCUT2D eigenvalue weighted by molar-refractivity contribution is 5.70. The number of methoxy groups -OCH3 is 1. The van der Waals surface area contributed by atoms with Crippen molar-refractivity contribution >= 4 is 11.5 Å². The molecule has 40 heavy (non-hydrogen) atoms. The molecular formula is C31H37N7O2. The van der Waals surface area contributed by atoms with Crippen LogP contribution >= 0.6 is 0 Å². The second-order valence-corrected chi connectivity index (χ2v) is 10.8. The molecule has 1 unspecified atom stereocenters. The van der Waals surface area contributed by atoms with E-state index in [2.05, 4.69) is 66.0 Å². The Morgan fingerprint density at radius 3 is 2.55 bits per heavy atom. The molecule has 0 amide bonds. The molecule has 1 aliphatic carbocycles. The van der Waals surface area contributed by atoms with Crippen molar-refractivity contribution in [1.29, 1.82) is 0 Å². The third kappa shape index (κ3) is 5.94. The maximum Gasteiger partial charge on any atom is 0.247 e. The third-order valence-corrected chi connectivity index (χ3v) is 8.01. The van der Waals surface area contributed by atoms with Crippen molar-refractivity contribution in [1.82, 2.24) is 25.5 Å². The van der Waals surface area contributed by atoms with Crippen LogP contribution in [-0.2, 0) is 0 Å². The summed E-state index contributed by atoms with van der Waals surface area (Å²) < 4.78 is 11.1. The molecule has 1 saturated carbocycles. The van der Waals surface area contributed by atoms with Crippen LogP contribution in [0.15, 0.2) is 65.3 Å². The summed E-state index contributed by atoms with van der Waals surface area (Å²) in [6.45, 7) is 3.88. The van der Waals surface area contributed by atoms with E-state index >= 15 is 0 Å². The lowest BCUT2D eigenvalue weighted by atomic mass is 9.89. The number of aryl methyl sites for hydroxylation is 1. The molecule has 9 heteroatoms. The molecule has 6 rings (SSSR count). The summed E-state index contributed by atoms with van der Waals surface area (Å²) in [4.78, 5) is 11.5. The van der Waals surface area contributed by atoms with Crippen LogP contribution in [0.4, 0.5) is 11.5 Å². The number of pyridine rings is 2. The topological polar surface area (TPSA) is 101 Å². The van der Waals surface area contributed by atoms with Crippen molar-refractivity contribution in [2.45, 2.75) is 63.6 Å². The Morgan fingerprint density at radius 2 is 1.75 bits per heavy atom. The smallest absolute Gasteiger partial charge is 0.247 e. The van der Waals surface area contributed by atoms with Crippen LogP contribution < -0.4 is 20.3 Å². The van der Waals surface area contributed by atoms with E-state index in [1.165, 1.54) is 37.8 Å². The highest BCUT2D eigenvalue weighted by Crippen LogP contribution is 2.30. The lowest BCUT2D eigenvalue weighted by molar-refractivity contribution is 0.293. The van der Waals surface area contributed by atoms with Crippen LogP contribution in [0.1, 0.15) is 44.4 Å². The molecule has 9 nitrogen and oxygen atoms in total. The fourth-order valence-electron chi connectivity index (χ4n) is 6.02. The fraction of sp³-hybridized carbons (Fsp3) is 0.419. The molecule has 208 valence electrons. The van der Waals surface area contributed by atoms with Gasteiger partial charge in [-0.2, -0.15) is 0 Å². The molecular weight excluding hydrogens is 502 g/mol. The lowest BCUT2D eigenvalue weighted by Crippen LogP contribution is -2.54. The first-order valence-corrected chi connectivity index (χ1v) is 14.3. The summed E-state index contributed by atoms with van der Waals surface area (Å²) in [5, 5.41) is 15.9. The van der Waals surface area contributed by atoms with Gasteiger partial charge in [0.2, 0.25) is 17.7 Å². The van der Waals surface area contributed by atoms with E-state index < -0.39 is 0 Å². The summed E-state index contributed by atoms with van der Waals surface area (Å²) in [6, 6.07) is 17.7. The maximum atomic E-state index is 5.58. The van der Waals surface area contributed by atoms with Crippen molar-refractivity contribution in [3.8, 4) is 28.5 Å². The quantitative estimate of drug-likeness (QED) is 0.301. The van der Waals surface area contributed by atoms with Crippen LogP contribution in [0, 0.1) is 6.92 Å². The van der Waals surface area contributed by atoms with E-state index in [9.17, 15) is 0 Å². The molecule has 4 heterocycles. The number of benzene rings is 1. The number of nitrogens with zero attached hydrogens (tertiary/aromatic N) is 5. The summed E-state index contributed by atoms with van der Waals surface area (Å²) in [6.07, 6.45) is 10.8. The zero-order valence-electron chi connectivity index (χ0n) is 23.2. The Morgan fingerprint density at radius 1 is 0.900 bits per heavy atom. The molecule has 0 bridgehead atoms. The van der Waals surface area contributed by atoms with Crippen molar-refractivity contribution < 1.29 is 9.15 Å². The Bertz CT molecular complexity index is 1410. The van der Waals surface area contributed by atoms with Crippen molar-refractivity contribution in [2.75, 3.05) is 30.4 Å². The Labute approximate surface area is 235 Å². The van der Waals surface area contributed by atoms with Gasteiger partial charge in [0, 0.05) is 67.3 Å². The first kappa shape index (κ1) is 26.3. The summed E-state index contributed by atoms with van der Waals surface area (Å²) >= 11 is 0. The molecule has 2 N–H and O–H groups in total. The largest absolute Gasteiger partial charge is 0.481 e. The first-order valence-electron chi connectivity index (χ1n) is 14.3. The zero-order valence-corrected chi connectivity index (χ0v) is 23.2. The summed E-state index contributed by atoms with van der Waals surface area (Å²) in [5.41, 5.74) is 4.20. The highest BCUT2D eigenvalue weighted by atomic mass is 16.5. The number of ether oxygens (including phenoxy) is 1. The molecule has 3 aromatic heterocycles. The van der Waals surface area contributed by atoms with E-state index in [4.69, 9.17) is 9.15 Å². The molecule has 0 radical (unpaired) electrons. The van der Waals surface area contributed by atoms with E-state index in [0.717, 1.165) is 42.0 Å². The number of piperidine rings is 1. The number of nitrogens with one attached hydrogen (secondary N) is 2. The van der Waals surface area contributed by atoms with Crippen LogP contribution in [0.25, 0.3) is 22.6 Å². The molecule has 1 aromatic carbocycles. The minimum atomic E-state index is 0.333. The van der Waals surface area contributed by atoms with Gasteiger partial charge in [0.05, 0.1) is 7.11 Å². The lowest BCUT2D eigenvalue weighted by Gasteiger charge is -2.40. The monoisotopic (exact) mass is 539 g/mol. The number of hydrogen-bond acceptors (Lipinski definition) is 9. The highest BCUT2D eigenvalue weighted by Gasteiger charge is 2.29. The Balaban J connectivity index is 1.11. The number of aromatic nitrogens is 4. The summed E-state index contributed by atoms with van der Waals surface area (Å²) in [7, 11) is 1.66. The normalized spacial score (nSPS) is 21.2. The van der Waals surface area contributed by atoms with Gasteiger partial charge in [0.15, 0.2) is 0 Å². The van der Waals surface area contributed by atoms with Crippen LogP contribution in [0.2, 0.25) is 0 Å². The predicted octanol–water partition coefficient (Wildman–Crippen LogP) is 5.49. The average Bonchev–Trinajstić information content (AvgIpc) is 3.45. The fourth-order valence-corrected chi connectivity index (χ4v) is 6.02. The molecule has 1 aliphatic heterocycles. The minimum absolute atomic E-state index is 0.333. The average molecular weight is 540 g/mol. The van der Waals surface area contributed by atoms with Crippen LogP contribution in [0.3, 0.4) is 0 Å². The van der Waals surface area contributed by atoms with Gasteiger partial charge in [-0.25, -0.2) is 9.97 Å². The molecule has 2 aliphatic rings. The first-order chi connectivity index (χ1) is 19.7. The van der Waals surface area contributed by atoms with E-state index in [-0.39, 0.29) is 0 Å². The van der Waals surface area contributed by atoms with Gasteiger partial charge in [-0.1, -0.05) is 12.8 Å². The van der Waals surface area contributed by atoms with E-state index in [1.54, 1.807) is 13.3 Å². The van der Waals surface area contributed by atoms with Gasteiger partial charge in [0.1, 0.15) is 5.82 Å². The summed E-state index contributed by atoms with van der Waals surface area (Å²) in [5.74, 6) is 2.66. The Kier molecular flexibility index (Phi) is 7.90. The van der Waals surface area contributed by atoms with Gasteiger partial charge in [-0.3, -0.25) is 0 Å². The number of hydrogen-bond donors (Lipinski definition) is 2. The maximum absolute atomic E-state index is 5.58. The van der Waals surface area contributed by atoms with Gasteiger partial charge >= 0.3 is 0 Å². The number of anilines is 2. The van der Waals surface area contributed by atoms with Crippen LogP contribution in [0.5, 0.6) is 5.88 Å². The van der Waals surface area contributed by atoms with Gasteiger partial charge in [-0.15, -0.1) is 10.2 Å². The second kappa shape index (κ2) is 12.0. The van der Waals surface area contributed by atoms with E-state index in [1.807, 2.05) is 31.3 Å². The molecule has 2 fully saturated rings. The predicted molar refractivity (Wildman–Crippen MR) is 157 cm³/mol. The van der Waals surface area contributed by atoms with Gasteiger partial charge in [0.25, 0.3) is 0 Å². The van der Waals surface area contributed by atoms with Crippen molar-refractivity contribution in [3.05, 3.63) is 66.8 Å². The van der Waals surface area contributed by atoms with Crippen LogP contribution in [-0.4, -0.2) is 58.5 Å². The molecule has 3 atom stereocenters. The SMILES string of the molecule is COc1ncccc1-c1ccnc(N[C@@H]2CCCC[C@H]2NC2CCCN(c3ccc(-c4nnc(C)o4)cc3)C2)c1. The van der Waals surface area contributed by atoms with Crippen molar-refractivity contribution in [3.63, 3.8) is 0 Å². The molecule has 0 spiro atoms. The second-order valence-electron chi connectivity index (χ2n) is 10.8. The zero-order chi connectivity index (χ0) is 27.3. The van der Waals surface area contributed by atoms with E-state index in [0.29, 0.717) is 35.8 Å². The molecule has 1 saturated heterocycles. The minimum Gasteiger partial charge on any atom is -0.481 e. The Hall–Kier alpha value is -3.98. The standard InChI is InChI=1S/C31H37N7O2/c1-21-36-37-30(40-21)22-11-13-25(14-12-22)38-18-6-7-24(20-38)34-27-9-3-4-10-28(27)35-29-19-23(15-17-32-29)26-8-5-16-33-31(26)39-2/h5,8,11-17,19,24,27-28,34H,3-4,6-7,9-10,18,20H2,1-2H3,(H,32,35)/t24?,27-,28-/m1/s1. The van der Waals surface area contributed by atoms with Gasteiger partial charge in [-0.05, 0) is 79.8 Å². The third-order valence-electron chi connectivity index (χ3n) is 8.01. The molecule has 4 aromatic rings. The van der Waals surface area contributed by atoms with Gasteiger partial charge < -0.3 is 24.7 Å². The number of rotatable bonds is 8.